The number of nitrogens with one attached hydrogen (secondary N) is 2. The maximum Gasteiger partial charge on any atom is 0.270 e. The van der Waals surface area contributed by atoms with Crippen molar-refractivity contribution in [1.82, 2.24) is 10.6 Å². The van der Waals surface area contributed by atoms with Crippen LogP contribution in [0, 0.1) is 10.1 Å². The lowest BCUT2D eigenvalue weighted by Crippen LogP contribution is -2.38. The standard InChI is InChI=1S/C18H18ClN3O4/c1-2-16(12-6-8-14(19)9-7-12)21-17(23)11-20-18(24)13-4-3-5-15(10-13)22(25)26/h3-10,16H,2,11H2,1H3,(H,20,24)(H,21,23). The molecule has 7 nitrogen and oxygen atoms in total. The maximum absolute atomic E-state index is 12.1. The fraction of sp³-hybridized carbons (Fsp3) is 0.222. The zero-order valence-corrected chi connectivity index (χ0v) is 14.8. The van der Waals surface area contributed by atoms with Crippen molar-refractivity contribution in [1.29, 1.82) is 0 Å². The summed E-state index contributed by atoms with van der Waals surface area (Å²) in [4.78, 5) is 34.3. The van der Waals surface area contributed by atoms with Gasteiger partial charge in [0.1, 0.15) is 0 Å². The first-order valence-electron chi connectivity index (χ1n) is 7.98. The summed E-state index contributed by atoms with van der Waals surface area (Å²) in [6.07, 6.45) is 0.673. The minimum absolute atomic E-state index is 0.122. The molecule has 0 aromatic heterocycles. The van der Waals surface area contributed by atoms with Gasteiger partial charge in [-0.2, -0.15) is 0 Å². The molecule has 0 heterocycles. The number of nitrogens with zero attached hydrogens (tertiary/aromatic N) is 1. The molecule has 2 rings (SSSR count). The van der Waals surface area contributed by atoms with Crippen LogP contribution in [0.2, 0.25) is 5.02 Å². The molecule has 0 saturated carbocycles. The molecule has 2 aromatic rings. The fourth-order valence-electron chi connectivity index (χ4n) is 2.38. The summed E-state index contributed by atoms with van der Waals surface area (Å²) in [6.45, 7) is 1.70. The molecule has 1 atom stereocenters. The van der Waals surface area contributed by atoms with Crippen LogP contribution in [-0.4, -0.2) is 23.3 Å². The van der Waals surface area contributed by atoms with Gasteiger partial charge in [-0.05, 0) is 30.2 Å². The summed E-state index contributed by atoms with van der Waals surface area (Å²) in [5, 5.41) is 16.7. The number of hydrogen-bond donors (Lipinski definition) is 2. The first-order chi connectivity index (χ1) is 12.4. The van der Waals surface area contributed by atoms with E-state index in [1.54, 1.807) is 12.1 Å². The predicted molar refractivity (Wildman–Crippen MR) is 98.1 cm³/mol. The molecule has 0 spiro atoms. The number of benzene rings is 2. The van der Waals surface area contributed by atoms with Crippen molar-refractivity contribution in [2.75, 3.05) is 6.54 Å². The van der Waals surface area contributed by atoms with Crippen LogP contribution in [0.3, 0.4) is 0 Å². The lowest BCUT2D eigenvalue weighted by Gasteiger charge is -2.17. The van der Waals surface area contributed by atoms with Crippen molar-refractivity contribution >= 4 is 29.1 Å². The highest BCUT2D eigenvalue weighted by atomic mass is 35.5. The number of rotatable bonds is 7. The van der Waals surface area contributed by atoms with E-state index in [1.807, 2.05) is 19.1 Å². The molecule has 0 saturated heterocycles. The Balaban J connectivity index is 1.93. The monoisotopic (exact) mass is 375 g/mol. The minimum Gasteiger partial charge on any atom is -0.348 e. The smallest absolute Gasteiger partial charge is 0.270 e. The molecule has 2 aromatic carbocycles. The highest BCUT2D eigenvalue weighted by molar-refractivity contribution is 6.30. The van der Waals surface area contributed by atoms with Crippen molar-refractivity contribution < 1.29 is 14.5 Å². The number of amides is 2. The highest BCUT2D eigenvalue weighted by Crippen LogP contribution is 2.19. The van der Waals surface area contributed by atoms with Crippen LogP contribution >= 0.6 is 11.6 Å². The third kappa shape index (κ3) is 5.29. The van der Waals surface area contributed by atoms with Crippen LogP contribution in [-0.2, 0) is 4.79 Å². The van der Waals surface area contributed by atoms with Gasteiger partial charge < -0.3 is 10.6 Å². The van der Waals surface area contributed by atoms with E-state index in [1.165, 1.54) is 18.2 Å². The van der Waals surface area contributed by atoms with Gasteiger partial charge in [-0.3, -0.25) is 19.7 Å². The minimum atomic E-state index is -0.582. The molecular weight excluding hydrogens is 358 g/mol. The first-order valence-corrected chi connectivity index (χ1v) is 8.36. The summed E-state index contributed by atoms with van der Waals surface area (Å²) in [5.74, 6) is -0.908. The Morgan fingerprint density at radius 2 is 1.88 bits per heavy atom. The topological polar surface area (TPSA) is 101 Å². The van der Waals surface area contributed by atoms with Gasteiger partial charge in [0.2, 0.25) is 5.91 Å². The Labute approximate surface area is 155 Å². The lowest BCUT2D eigenvalue weighted by molar-refractivity contribution is -0.384. The van der Waals surface area contributed by atoms with Crippen molar-refractivity contribution in [3.8, 4) is 0 Å². The number of nitro groups is 1. The quantitative estimate of drug-likeness (QED) is 0.572. The van der Waals surface area contributed by atoms with Crippen LogP contribution in [0.25, 0.3) is 0 Å². The molecule has 136 valence electrons. The molecule has 8 heteroatoms. The average Bonchev–Trinajstić information content (AvgIpc) is 2.65. The number of carbonyl (C=O) groups is 2. The van der Waals surface area contributed by atoms with Gasteiger partial charge in [0.15, 0.2) is 0 Å². The summed E-state index contributed by atoms with van der Waals surface area (Å²) in [6, 6.07) is 12.3. The number of nitro benzene ring substituents is 1. The van der Waals surface area contributed by atoms with Crippen LogP contribution in [0.4, 0.5) is 5.69 Å². The Bertz CT molecular complexity index is 808. The Morgan fingerprint density at radius 1 is 1.19 bits per heavy atom. The van der Waals surface area contributed by atoms with Gasteiger partial charge in [-0.15, -0.1) is 0 Å². The molecular formula is C18H18ClN3O4. The van der Waals surface area contributed by atoms with Crippen LogP contribution in [0.15, 0.2) is 48.5 Å². The van der Waals surface area contributed by atoms with E-state index < -0.39 is 10.8 Å². The van der Waals surface area contributed by atoms with Crippen molar-refractivity contribution in [2.24, 2.45) is 0 Å². The third-order valence-corrected chi connectivity index (χ3v) is 4.00. The van der Waals surface area contributed by atoms with Crippen molar-refractivity contribution in [3.63, 3.8) is 0 Å². The van der Waals surface area contributed by atoms with E-state index >= 15 is 0 Å². The fourth-order valence-corrected chi connectivity index (χ4v) is 2.51. The highest BCUT2D eigenvalue weighted by Gasteiger charge is 2.15. The summed E-state index contributed by atoms with van der Waals surface area (Å²) < 4.78 is 0. The van der Waals surface area contributed by atoms with Gasteiger partial charge in [-0.25, -0.2) is 0 Å². The van der Waals surface area contributed by atoms with Gasteiger partial charge in [0.05, 0.1) is 17.5 Å². The zero-order valence-electron chi connectivity index (χ0n) is 14.1. The Hall–Kier alpha value is -2.93. The molecule has 0 aliphatic heterocycles. The summed E-state index contributed by atoms with van der Waals surface area (Å²) in [7, 11) is 0. The van der Waals surface area contributed by atoms with E-state index in [0.29, 0.717) is 11.4 Å². The van der Waals surface area contributed by atoms with Gasteiger partial charge >= 0.3 is 0 Å². The molecule has 26 heavy (non-hydrogen) atoms. The van der Waals surface area contributed by atoms with E-state index in [2.05, 4.69) is 10.6 Å². The number of halogens is 1. The molecule has 0 radical (unpaired) electrons. The zero-order chi connectivity index (χ0) is 19.1. The molecule has 0 bridgehead atoms. The molecule has 0 fully saturated rings. The second-order valence-electron chi connectivity index (χ2n) is 5.57. The van der Waals surface area contributed by atoms with E-state index in [-0.39, 0.29) is 29.7 Å². The normalized spacial score (nSPS) is 11.5. The average molecular weight is 376 g/mol. The molecule has 0 aliphatic carbocycles. The van der Waals surface area contributed by atoms with E-state index in [0.717, 1.165) is 11.6 Å². The Kier molecular flexibility index (Phi) is 6.68. The van der Waals surface area contributed by atoms with Crippen LogP contribution in [0.5, 0.6) is 0 Å². The van der Waals surface area contributed by atoms with E-state index in [4.69, 9.17) is 11.6 Å². The Morgan fingerprint density at radius 3 is 2.50 bits per heavy atom. The summed E-state index contributed by atoms with van der Waals surface area (Å²) in [5.41, 5.74) is 0.850. The third-order valence-electron chi connectivity index (χ3n) is 3.74. The SMILES string of the molecule is CCC(NC(=O)CNC(=O)c1cccc([N+](=O)[O-])c1)c1ccc(Cl)cc1. The second kappa shape index (κ2) is 8.96. The second-order valence-corrected chi connectivity index (χ2v) is 6.01. The number of non-ortho nitro benzene ring substituents is 1. The number of hydrogen-bond acceptors (Lipinski definition) is 4. The molecule has 0 aliphatic rings. The number of carbonyl (C=O) groups excluding carboxylic acids is 2. The first kappa shape index (κ1) is 19.4. The van der Waals surface area contributed by atoms with Crippen molar-refractivity contribution in [2.45, 2.75) is 19.4 Å². The predicted octanol–water partition coefficient (Wildman–Crippen LogP) is 3.25. The van der Waals surface area contributed by atoms with Gasteiger partial charge in [0, 0.05) is 22.7 Å². The van der Waals surface area contributed by atoms with Crippen LogP contribution < -0.4 is 10.6 Å². The van der Waals surface area contributed by atoms with Crippen molar-refractivity contribution in [3.05, 3.63) is 74.8 Å². The van der Waals surface area contributed by atoms with Crippen LogP contribution in [0.1, 0.15) is 35.3 Å². The van der Waals surface area contributed by atoms with E-state index in [9.17, 15) is 19.7 Å². The largest absolute Gasteiger partial charge is 0.348 e. The van der Waals surface area contributed by atoms with Gasteiger partial charge in [0.25, 0.3) is 11.6 Å². The van der Waals surface area contributed by atoms with Gasteiger partial charge in [-0.1, -0.05) is 36.7 Å². The molecule has 1 unspecified atom stereocenters. The molecule has 2 amide bonds. The lowest BCUT2D eigenvalue weighted by atomic mass is 10.0. The maximum atomic E-state index is 12.1. The summed E-state index contributed by atoms with van der Waals surface area (Å²) >= 11 is 5.86. The molecule has 2 N–H and O–H groups in total.